The number of phenols is 1. The third-order valence-corrected chi connectivity index (χ3v) is 7.11. The van der Waals surface area contributed by atoms with Gasteiger partial charge in [0.2, 0.25) is 0 Å². The Labute approximate surface area is 191 Å². The van der Waals surface area contributed by atoms with Gasteiger partial charge in [0, 0.05) is 6.07 Å². The first-order chi connectivity index (χ1) is 14.6. The van der Waals surface area contributed by atoms with E-state index in [1.165, 1.54) is 58.3 Å². The normalized spacial score (nSPS) is 20.2. The Hall–Kier alpha value is -1.51. The van der Waals surface area contributed by atoms with Gasteiger partial charge in [-0.1, -0.05) is 72.6 Å². The van der Waals surface area contributed by atoms with Crippen LogP contribution in [0.1, 0.15) is 122 Å². The molecule has 3 heteroatoms. The van der Waals surface area contributed by atoms with E-state index in [1.807, 2.05) is 0 Å². The molecule has 1 N–H and O–H groups in total. The van der Waals surface area contributed by atoms with Crippen LogP contribution in [-0.2, 0) is 6.42 Å². The summed E-state index contributed by atoms with van der Waals surface area (Å²) in [7, 11) is 0. The molecule has 0 fully saturated rings. The molecule has 3 unspecified atom stereocenters. The van der Waals surface area contributed by atoms with Crippen LogP contribution in [0.5, 0.6) is 11.5 Å². The molecule has 0 radical (unpaired) electrons. The second-order valence-corrected chi connectivity index (χ2v) is 10.9. The molecule has 2 rings (SSSR count). The minimum atomic E-state index is -0.179. The molecule has 1 aliphatic rings. The number of aromatic hydroxyl groups is 1. The Bertz CT molecular complexity index is 708. The van der Waals surface area contributed by atoms with E-state index >= 15 is 0 Å². The van der Waals surface area contributed by atoms with Crippen molar-refractivity contribution in [2.24, 2.45) is 17.8 Å². The van der Waals surface area contributed by atoms with E-state index in [4.69, 9.17) is 4.74 Å². The number of carbonyl (C=O) groups is 1. The molecule has 0 bridgehead atoms. The maximum Gasteiger partial charge on any atom is 0.163 e. The van der Waals surface area contributed by atoms with E-state index in [9.17, 15) is 9.90 Å². The molecule has 0 spiro atoms. The number of hydrogen-bond donors (Lipinski definition) is 1. The van der Waals surface area contributed by atoms with E-state index in [0.29, 0.717) is 5.56 Å². The van der Waals surface area contributed by atoms with Crippen LogP contribution in [0.3, 0.4) is 0 Å². The van der Waals surface area contributed by atoms with Gasteiger partial charge in [0.25, 0.3) is 0 Å². The summed E-state index contributed by atoms with van der Waals surface area (Å²) in [5, 5.41) is 10.1. The lowest BCUT2D eigenvalue weighted by atomic mass is 9.85. The number of ether oxygens (including phenoxy) is 1. The van der Waals surface area contributed by atoms with Gasteiger partial charge >= 0.3 is 0 Å². The summed E-state index contributed by atoms with van der Waals surface area (Å²) in [5.74, 6) is 3.13. The molecule has 3 nitrogen and oxygen atoms in total. The molecule has 0 saturated carbocycles. The molecule has 1 aromatic rings. The Kier molecular flexibility index (Phi) is 9.90. The van der Waals surface area contributed by atoms with Gasteiger partial charge in [0.05, 0.1) is 5.56 Å². The summed E-state index contributed by atoms with van der Waals surface area (Å²) in [6.07, 6.45) is 13.5. The first kappa shape index (κ1) is 25.7. The quantitative estimate of drug-likeness (QED) is 0.321. The van der Waals surface area contributed by atoms with Gasteiger partial charge in [0.15, 0.2) is 5.78 Å². The Morgan fingerprint density at radius 1 is 1.00 bits per heavy atom. The topological polar surface area (TPSA) is 46.5 Å². The van der Waals surface area contributed by atoms with Crippen LogP contribution < -0.4 is 4.74 Å². The van der Waals surface area contributed by atoms with Crippen LogP contribution >= 0.6 is 0 Å². The zero-order valence-corrected chi connectivity index (χ0v) is 20.9. The standard InChI is InChI=1S/C28H46O3/c1-20(2)10-7-11-21(3)12-8-13-22(4)14-9-16-28(6)17-15-24-18-25(23(5)29)26(30)19-27(24)31-28/h18-22,30H,7-17H2,1-6H3. The summed E-state index contributed by atoms with van der Waals surface area (Å²) < 4.78 is 6.31. The zero-order valence-electron chi connectivity index (χ0n) is 20.9. The monoisotopic (exact) mass is 430 g/mol. The molecule has 0 aromatic heterocycles. The van der Waals surface area contributed by atoms with Crippen molar-refractivity contribution < 1.29 is 14.6 Å². The molecule has 1 aromatic carbocycles. The molecule has 31 heavy (non-hydrogen) atoms. The Morgan fingerprint density at radius 3 is 2.16 bits per heavy atom. The van der Waals surface area contributed by atoms with Gasteiger partial charge in [0.1, 0.15) is 17.1 Å². The van der Waals surface area contributed by atoms with Crippen molar-refractivity contribution in [3.63, 3.8) is 0 Å². The molecule has 0 aliphatic carbocycles. The molecule has 3 atom stereocenters. The van der Waals surface area contributed by atoms with Crippen LogP contribution in [0.15, 0.2) is 12.1 Å². The van der Waals surface area contributed by atoms with Crippen molar-refractivity contribution in [3.05, 3.63) is 23.3 Å². The average Bonchev–Trinajstić information content (AvgIpc) is 2.66. The summed E-state index contributed by atoms with van der Waals surface area (Å²) in [5.41, 5.74) is 1.26. The lowest BCUT2D eigenvalue weighted by Gasteiger charge is -2.36. The van der Waals surface area contributed by atoms with E-state index in [2.05, 4.69) is 34.6 Å². The Morgan fingerprint density at radius 2 is 1.58 bits per heavy atom. The molecule has 1 aliphatic heterocycles. The summed E-state index contributed by atoms with van der Waals surface area (Å²) in [6, 6.07) is 3.44. The van der Waals surface area contributed by atoms with E-state index in [1.54, 1.807) is 12.1 Å². The van der Waals surface area contributed by atoms with Crippen LogP contribution in [0.4, 0.5) is 0 Å². The van der Waals surface area contributed by atoms with Crippen molar-refractivity contribution in [1.82, 2.24) is 0 Å². The second-order valence-electron chi connectivity index (χ2n) is 10.9. The van der Waals surface area contributed by atoms with Crippen molar-refractivity contribution in [2.45, 2.75) is 118 Å². The van der Waals surface area contributed by atoms with Crippen LogP contribution in [0.2, 0.25) is 0 Å². The van der Waals surface area contributed by atoms with Crippen molar-refractivity contribution in [3.8, 4) is 11.5 Å². The average molecular weight is 431 g/mol. The number of carbonyl (C=O) groups excluding carboxylic acids is 1. The molecular formula is C28H46O3. The third kappa shape index (κ3) is 8.50. The van der Waals surface area contributed by atoms with Crippen molar-refractivity contribution >= 4 is 5.78 Å². The molecule has 1 heterocycles. The van der Waals surface area contributed by atoms with Crippen LogP contribution in [0, 0.1) is 17.8 Å². The van der Waals surface area contributed by atoms with Gasteiger partial charge in [-0.15, -0.1) is 0 Å². The maximum atomic E-state index is 11.7. The van der Waals surface area contributed by atoms with E-state index < -0.39 is 0 Å². The highest BCUT2D eigenvalue weighted by atomic mass is 16.5. The highest BCUT2D eigenvalue weighted by Gasteiger charge is 2.32. The van der Waals surface area contributed by atoms with Gasteiger partial charge in [-0.25, -0.2) is 0 Å². The summed E-state index contributed by atoms with van der Waals surface area (Å²) >= 11 is 0. The van der Waals surface area contributed by atoms with Gasteiger partial charge < -0.3 is 9.84 Å². The van der Waals surface area contributed by atoms with Gasteiger partial charge in [-0.2, -0.15) is 0 Å². The number of fused-ring (bicyclic) bond motifs is 1. The smallest absolute Gasteiger partial charge is 0.163 e. The first-order valence-electron chi connectivity index (χ1n) is 12.7. The lowest BCUT2D eigenvalue weighted by molar-refractivity contribution is 0.0521. The summed E-state index contributed by atoms with van der Waals surface area (Å²) in [6.45, 7) is 13.1. The fraction of sp³-hybridized carbons (Fsp3) is 0.750. The molecular weight excluding hydrogens is 384 g/mol. The first-order valence-corrected chi connectivity index (χ1v) is 12.7. The minimum absolute atomic E-state index is 0.0301. The number of benzene rings is 1. The highest BCUT2D eigenvalue weighted by molar-refractivity contribution is 5.97. The number of rotatable bonds is 13. The van der Waals surface area contributed by atoms with Crippen LogP contribution in [-0.4, -0.2) is 16.5 Å². The van der Waals surface area contributed by atoms with E-state index in [-0.39, 0.29) is 17.1 Å². The largest absolute Gasteiger partial charge is 0.507 e. The fourth-order valence-corrected chi connectivity index (χ4v) is 4.88. The maximum absolute atomic E-state index is 11.7. The van der Waals surface area contributed by atoms with Gasteiger partial charge in [-0.3, -0.25) is 4.79 Å². The zero-order chi connectivity index (χ0) is 23.0. The molecule has 0 saturated heterocycles. The SMILES string of the molecule is CC(=O)c1cc2c(cc1O)OC(C)(CCCC(C)CCCC(C)CCCC(C)C)CC2. The van der Waals surface area contributed by atoms with Gasteiger partial charge in [-0.05, 0) is 68.9 Å². The third-order valence-electron chi connectivity index (χ3n) is 7.11. The molecule has 0 amide bonds. The lowest BCUT2D eigenvalue weighted by Crippen LogP contribution is -2.36. The molecule has 176 valence electrons. The van der Waals surface area contributed by atoms with E-state index in [0.717, 1.165) is 48.3 Å². The number of phenolic OH excluding ortho intramolecular Hbond substituents is 1. The number of hydrogen-bond acceptors (Lipinski definition) is 3. The number of ketones is 1. The fourth-order valence-electron chi connectivity index (χ4n) is 4.88. The Balaban J connectivity index is 1.70. The number of aryl methyl sites for hydroxylation is 1. The van der Waals surface area contributed by atoms with Crippen LogP contribution in [0.25, 0.3) is 0 Å². The van der Waals surface area contributed by atoms with Crippen molar-refractivity contribution in [1.29, 1.82) is 0 Å². The summed E-state index contributed by atoms with van der Waals surface area (Å²) in [4.78, 5) is 11.7. The highest BCUT2D eigenvalue weighted by Crippen LogP contribution is 2.39. The minimum Gasteiger partial charge on any atom is -0.507 e. The van der Waals surface area contributed by atoms with Crippen molar-refractivity contribution in [2.75, 3.05) is 0 Å². The predicted molar refractivity (Wildman–Crippen MR) is 130 cm³/mol. The number of Topliss-reactive ketones (excluding diaryl/α,β-unsaturated/α-hetero) is 1. The second kappa shape index (κ2) is 11.9. The predicted octanol–water partition coefficient (Wildman–Crippen LogP) is 8.12.